The fourth-order valence-electron chi connectivity index (χ4n) is 4.41. The number of H-pyrrole nitrogens is 1. The molecule has 0 saturated heterocycles. The minimum absolute atomic E-state index is 0.0127. The maximum Gasteiger partial charge on any atom is 0.290 e. The summed E-state index contributed by atoms with van der Waals surface area (Å²) in [6.45, 7) is 0.184. The third-order valence-electron chi connectivity index (χ3n) is 6.05. The van der Waals surface area contributed by atoms with E-state index in [1.54, 1.807) is 19.2 Å². The Labute approximate surface area is 194 Å². The molecular weight excluding hydrogens is 439 g/mol. The number of carbonyl (C=O) groups is 2. The summed E-state index contributed by atoms with van der Waals surface area (Å²) in [6, 6.07) is 13.4. The molecule has 0 saturated carbocycles. The molecule has 1 aliphatic rings. The summed E-state index contributed by atoms with van der Waals surface area (Å²) in [5, 5.41) is 11.6. The van der Waals surface area contributed by atoms with Crippen molar-refractivity contribution in [3.63, 3.8) is 0 Å². The smallest absolute Gasteiger partial charge is 0.290 e. The molecule has 4 aromatic rings. The van der Waals surface area contributed by atoms with Gasteiger partial charge in [-0.1, -0.05) is 12.1 Å². The van der Waals surface area contributed by atoms with Gasteiger partial charge in [-0.2, -0.15) is 0 Å². The van der Waals surface area contributed by atoms with Gasteiger partial charge in [0.05, 0.1) is 25.0 Å². The summed E-state index contributed by atoms with van der Waals surface area (Å²) < 4.78 is 24.6. The molecule has 1 aliphatic heterocycles. The number of nitrogens with one attached hydrogen (secondary N) is 1. The van der Waals surface area contributed by atoms with Crippen molar-refractivity contribution >= 4 is 22.6 Å². The Balaban J connectivity index is 1.51. The Kier molecular flexibility index (Phi) is 5.41. The first-order valence-electron chi connectivity index (χ1n) is 10.7. The molecule has 0 fully saturated rings. The van der Waals surface area contributed by atoms with Gasteiger partial charge in [0.15, 0.2) is 11.5 Å². The monoisotopic (exact) mass is 460 g/mol. The average molecular weight is 460 g/mol. The van der Waals surface area contributed by atoms with E-state index in [1.165, 1.54) is 35.4 Å². The molecule has 0 radical (unpaired) electrons. The zero-order chi connectivity index (χ0) is 23.8. The number of carbonyl (C=O) groups excluding carboxylic acids is 2. The number of hydrogen-bond donors (Lipinski definition) is 2. The van der Waals surface area contributed by atoms with Crippen LogP contribution in [0.2, 0.25) is 0 Å². The van der Waals surface area contributed by atoms with Gasteiger partial charge in [0.1, 0.15) is 11.6 Å². The summed E-state index contributed by atoms with van der Waals surface area (Å²) >= 11 is 0. The predicted molar refractivity (Wildman–Crippen MR) is 122 cm³/mol. The lowest BCUT2D eigenvalue weighted by Crippen LogP contribution is -2.33. The molecule has 2 aromatic carbocycles. The normalized spacial score (nSPS) is 16.0. The van der Waals surface area contributed by atoms with E-state index < -0.39 is 29.3 Å². The number of nitrogens with zero attached hydrogens (tertiary/aromatic N) is 1. The van der Waals surface area contributed by atoms with Crippen molar-refractivity contribution in [3.05, 3.63) is 101 Å². The highest BCUT2D eigenvalue weighted by molar-refractivity contribution is 6.15. The van der Waals surface area contributed by atoms with Crippen LogP contribution in [0.5, 0.6) is 5.75 Å². The Hall–Kier alpha value is -4.33. The van der Waals surface area contributed by atoms with Crippen molar-refractivity contribution in [2.24, 2.45) is 0 Å². The lowest BCUT2D eigenvalue weighted by atomic mass is 9.95. The number of ether oxygens (including phenoxy) is 1. The summed E-state index contributed by atoms with van der Waals surface area (Å²) in [6.07, 6.45) is 3.62. The number of hydrogen-bond acceptors (Lipinski definition) is 5. The van der Waals surface area contributed by atoms with Gasteiger partial charge in [0.2, 0.25) is 5.78 Å². The third-order valence-corrected chi connectivity index (χ3v) is 6.05. The zero-order valence-corrected chi connectivity index (χ0v) is 18.2. The zero-order valence-electron chi connectivity index (χ0n) is 18.2. The van der Waals surface area contributed by atoms with Crippen molar-refractivity contribution in [2.75, 3.05) is 13.7 Å². The third kappa shape index (κ3) is 3.63. The van der Waals surface area contributed by atoms with Crippen molar-refractivity contribution in [1.82, 2.24) is 9.88 Å². The van der Waals surface area contributed by atoms with Crippen molar-refractivity contribution < 1.29 is 28.2 Å². The van der Waals surface area contributed by atoms with Gasteiger partial charge in [-0.15, -0.1) is 0 Å². The van der Waals surface area contributed by atoms with E-state index >= 15 is 0 Å². The average Bonchev–Trinajstić information content (AvgIpc) is 3.57. The molecule has 0 aliphatic carbocycles. The molecule has 0 unspecified atom stereocenters. The minimum Gasteiger partial charge on any atom is -0.503 e. The lowest BCUT2D eigenvalue weighted by molar-refractivity contribution is -0.129. The second-order valence-electron chi connectivity index (χ2n) is 8.00. The molecule has 7 nitrogen and oxygen atoms in total. The molecule has 1 amide bonds. The molecule has 172 valence electrons. The quantitative estimate of drug-likeness (QED) is 0.389. The summed E-state index contributed by atoms with van der Waals surface area (Å²) in [5.41, 5.74) is 2.10. The lowest BCUT2D eigenvalue weighted by Gasteiger charge is -2.26. The van der Waals surface area contributed by atoms with Crippen LogP contribution in [-0.4, -0.2) is 40.3 Å². The van der Waals surface area contributed by atoms with E-state index in [9.17, 15) is 19.1 Å². The molecule has 0 bridgehead atoms. The van der Waals surface area contributed by atoms with E-state index in [0.29, 0.717) is 17.7 Å². The molecule has 5 rings (SSSR count). The standard InChI is InChI=1S/C26H21FN2O5/c1-33-18-7-8-20-19(13-18)16(14-28-20)9-10-29-23(15-4-2-5-17(27)12-15)22(25(31)26(29)32)24(30)21-6-3-11-34-21/h2-8,11-14,23,28,31H,9-10H2,1H3/t23-/m1/s1. The molecular formula is C26H21FN2O5. The largest absolute Gasteiger partial charge is 0.503 e. The van der Waals surface area contributed by atoms with Gasteiger partial charge in [0, 0.05) is 23.6 Å². The minimum atomic E-state index is -0.958. The summed E-state index contributed by atoms with van der Waals surface area (Å²) in [4.78, 5) is 30.8. The maximum atomic E-state index is 14.1. The first-order valence-corrected chi connectivity index (χ1v) is 10.7. The number of aliphatic hydroxyl groups is 1. The number of Topliss-reactive ketones (excluding diaryl/α,β-unsaturated/α-hetero) is 1. The van der Waals surface area contributed by atoms with Crippen LogP contribution in [0.15, 0.2) is 82.8 Å². The first-order chi connectivity index (χ1) is 16.5. The number of fused-ring (bicyclic) bond motifs is 1. The summed E-state index contributed by atoms with van der Waals surface area (Å²) in [7, 11) is 1.59. The van der Waals surface area contributed by atoms with Crippen LogP contribution in [0.4, 0.5) is 4.39 Å². The van der Waals surface area contributed by atoms with Gasteiger partial charge in [-0.25, -0.2) is 4.39 Å². The molecule has 8 heteroatoms. The van der Waals surface area contributed by atoms with Crippen LogP contribution >= 0.6 is 0 Å². The van der Waals surface area contributed by atoms with E-state index in [2.05, 4.69) is 4.98 Å². The number of amides is 1. The van der Waals surface area contributed by atoms with E-state index in [0.717, 1.165) is 16.5 Å². The van der Waals surface area contributed by atoms with Crippen LogP contribution in [0.3, 0.4) is 0 Å². The number of aliphatic hydroxyl groups excluding tert-OH is 1. The van der Waals surface area contributed by atoms with Gasteiger partial charge < -0.3 is 24.1 Å². The Morgan fingerprint density at radius 3 is 2.79 bits per heavy atom. The highest BCUT2D eigenvalue weighted by Gasteiger charge is 2.44. The van der Waals surface area contributed by atoms with Crippen LogP contribution in [0.25, 0.3) is 10.9 Å². The molecule has 34 heavy (non-hydrogen) atoms. The van der Waals surface area contributed by atoms with Crippen LogP contribution in [0, 0.1) is 5.82 Å². The predicted octanol–water partition coefficient (Wildman–Crippen LogP) is 4.73. The number of rotatable bonds is 7. The Morgan fingerprint density at radius 2 is 2.06 bits per heavy atom. The van der Waals surface area contributed by atoms with Gasteiger partial charge in [0.25, 0.3) is 5.91 Å². The second-order valence-corrected chi connectivity index (χ2v) is 8.00. The first kappa shape index (κ1) is 21.5. The number of methoxy groups -OCH3 is 1. The number of benzene rings is 2. The van der Waals surface area contributed by atoms with Gasteiger partial charge >= 0.3 is 0 Å². The number of aromatic amines is 1. The van der Waals surface area contributed by atoms with Crippen molar-refractivity contribution in [3.8, 4) is 5.75 Å². The molecule has 2 N–H and O–H groups in total. The fourth-order valence-corrected chi connectivity index (χ4v) is 4.41. The van der Waals surface area contributed by atoms with Gasteiger partial charge in [-0.3, -0.25) is 9.59 Å². The summed E-state index contributed by atoms with van der Waals surface area (Å²) in [5.74, 6) is -1.79. The number of halogens is 1. The van der Waals surface area contributed by atoms with E-state index in [-0.39, 0.29) is 17.9 Å². The van der Waals surface area contributed by atoms with Crippen molar-refractivity contribution in [1.29, 1.82) is 0 Å². The Bertz CT molecular complexity index is 1420. The Morgan fingerprint density at radius 1 is 1.21 bits per heavy atom. The van der Waals surface area contributed by atoms with Crippen LogP contribution in [-0.2, 0) is 11.2 Å². The maximum absolute atomic E-state index is 14.1. The number of aromatic nitrogens is 1. The molecule has 0 spiro atoms. The van der Waals surface area contributed by atoms with Crippen LogP contribution in [0.1, 0.15) is 27.7 Å². The second kappa shape index (κ2) is 8.55. The van der Waals surface area contributed by atoms with Crippen molar-refractivity contribution in [2.45, 2.75) is 12.5 Å². The van der Waals surface area contributed by atoms with E-state index in [1.807, 2.05) is 24.4 Å². The highest BCUT2D eigenvalue weighted by Crippen LogP contribution is 2.39. The van der Waals surface area contributed by atoms with Crippen LogP contribution < -0.4 is 4.74 Å². The SMILES string of the molecule is COc1ccc2[nH]cc(CCN3C(=O)C(O)=C(C(=O)c4ccco4)[C@H]3c3cccc(F)c3)c2c1. The topological polar surface area (TPSA) is 95.8 Å². The molecule has 3 heterocycles. The fraction of sp³-hybridized carbons (Fsp3) is 0.154. The molecule has 2 aromatic heterocycles. The highest BCUT2D eigenvalue weighted by atomic mass is 19.1. The van der Waals surface area contributed by atoms with E-state index in [4.69, 9.17) is 9.15 Å². The number of furan rings is 1. The molecule has 1 atom stereocenters. The van der Waals surface area contributed by atoms with Gasteiger partial charge in [-0.05, 0) is 60.0 Å². The number of ketones is 1.